The van der Waals surface area contributed by atoms with E-state index >= 15 is 0 Å². The highest BCUT2D eigenvalue weighted by molar-refractivity contribution is 7.89. The van der Waals surface area contributed by atoms with Crippen LogP contribution in [0.25, 0.3) is 0 Å². The minimum Gasteiger partial charge on any atom is -0.465 e. The molecule has 11 heteroatoms. The van der Waals surface area contributed by atoms with Crippen molar-refractivity contribution in [3.63, 3.8) is 0 Å². The molecular formula is C17H18ClN3O5S2. The topological polar surface area (TPSA) is 106 Å². The second-order valence-corrected chi connectivity index (χ2v) is 9.48. The number of carbonyl (C=O) groups excluding carboxylic acids is 2. The summed E-state index contributed by atoms with van der Waals surface area (Å²) >= 11 is 7.08. The van der Waals surface area contributed by atoms with Crippen molar-refractivity contribution < 1.29 is 22.7 Å². The van der Waals surface area contributed by atoms with E-state index in [2.05, 4.69) is 15.0 Å². The predicted octanol–water partition coefficient (Wildman–Crippen LogP) is 2.93. The molecule has 1 saturated heterocycles. The Morgan fingerprint density at radius 1 is 1.29 bits per heavy atom. The number of rotatable bonds is 5. The van der Waals surface area contributed by atoms with E-state index in [4.69, 9.17) is 11.6 Å². The number of nitrogens with zero attached hydrogens (tertiary/aromatic N) is 2. The van der Waals surface area contributed by atoms with E-state index in [0.717, 1.165) is 24.2 Å². The van der Waals surface area contributed by atoms with Gasteiger partial charge >= 0.3 is 5.97 Å². The zero-order valence-electron chi connectivity index (χ0n) is 15.2. The summed E-state index contributed by atoms with van der Waals surface area (Å²) in [5.41, 5.74) is 0.429. The van der Waals surface area contributed by atoms with Gasteiger partial charge in [0.05, 0.1) is 28.3 Å². The monoisotopic (exact) mass is 443 g/mol. The van der Waals surface area contributed by atoms with Crippen molar-refractivity contribution in [1.29, 1.82) is 0 Å². The van der Waals surface area contributed by atoms with Crippen LogP contribution in [0.5, 0.6) is 0 Å². The molecule has 1 aromatic heterocycles. The number of esters is 1. The van der Waals surface area contributed by atoms with E-state index in [1.807, 2.05) is 0 Å². The maximum atomic E-state index is 12.7. The highest BCUT2D eigenvalue weighted by Crippen LogP contribution is 2.28. The van der Waals surface area contributed by atoms with Gasteiger partial charge in [0.1, 0.15) is 4.88 Å². The maximum Gasteiger partial charge on any atom is 0.350 e. The number of carbonyl (C=O) groups is 2. The van der Waals surface area contributed by atoms with Crippen LogP contribution < -0.4 is 5.32 Å². The number of halogens is 1. The second-order valence-electron chi connectivity index (χ2n) is 6.13. The van der Waals surface area contributed by atoms with E-state index in [1.165, 1.54) is 29.6 Å². The quantitative estimate of drug-likeness (QED) is 0.712. The summed E-state index contributed by atoms with van der Waals surface area (Å²) in [6.07, 6.45) is 1.62. The lowest BCUT2D eigenvalue weighted by Gasteiger charge is -2.16. The SMILES string of the molecule is COC(=O)c1sc(NC(=O)c2cc(S(=O)(=O)N3CCCC3)ccc2Cl)nc1C. The number of sulfonamides is 1. The van der Waals surface area contributed by atoms with Crippen LogP contribution >= 0.6 is 22.9 Å². The van der Waals surface area contributed by atoms with Crippen molar-refractivity contribution in [2.45, 2.75) is 24.7 Å². The normalized spacial score (nSPS) is 14.8. The molecule has 3 rings (SSSR count). The van der Waals surface area contributed by atoms with Gasteiger partial charge in [0, 0.05) is 13.1 Å². The predicted molar refractivity (Wildman–Crippen MR) is 106 cm³/mol. The van der Waals surface area contributed by atoms with Crippen molar-refractivity contribution in [2.24, 2.45) is 0 Å². The summed E-state index contributed by atoms with van der Waals surface area (Å²) in [5, 5.41) is 2.85. The first kappa shape index (κ1) is 20.7. The lowest BCUT2D eigenvalue weighted by Crippen LogP contribution is -2.28. The molecule has 1 aliphatic heterocycles. The van der Waals surface area contributed by atoms with Crippen LogP contribution in [0.1, 0.15) is 38.6 Å². The summed E-state index contributed by atoms with van der Waals surface area (Å²) in [6, 6.07) is 4.02. The highest BCUT2D eigenvalue weighted by Gasteiger charge is 2.28. The Kier molecular flexibility index (Phi) is 6.04. The molecule has 1 amide bonds. The third-order valence-electron chi connectivity index (χ3n) is 4.27. The van der Waals surface area contributed by atoms with Crippen LogP contribution in [0.4, 0.5) is 5.13 Å². The molecule has 0 unspecified atom stereocenters. The smallest absolute Gasteiger partial charge is 0.350 e. The van der Waals surface area contributed by atoms with Crippen molar-refractivity contribution >= 4 is 50.0 Å². The molecule has 0 spiro atoms. The van der Waals surface area contributed by atoms with Crippen molar-refractivity contribution in [3.8, 4) is 0 Å². The number of aromatic nitrogens is 1. The molecular weight excluding hydrogens is 426 g/mol. The van der Waals surface area contributed by atoms with Gasteiger partial charge in [-0.1, -0.05) is 22.9 Å². The zero-order chi connectivity index (χ0) is 20.5. The Labute approximate surface area is 171 Å². The largest absolute Gasteiger partial charge is 0.465 e. The van der Waals surface area contributed by atoms with E-state index in [-0.39, 0.29) is 25.5 Å². The van der Waals surface area contributed by atoms with Gasteiger partial charge in [0.2, 0.25) is 10.0 Å². The van der Waals surface area contributed by atoms with Crippen LogP contribution in [0, 0.1) is 6.92 Å². The molecule has 1 aromatic carbocycles. The van der Waals surface area contributed by atoms with Crippen LogP contribution in [0.15, 0.2) is 23.1 Å². The first-order valence-corrected chi connectivity index (χ1v) is 11.0. The lowest BCUT2D eigenvalue weighted by molar-refractivity contribution is 0.0605. The zero-order valence-corrected chi connectivity index (χ0v) is 17.6. The highest BCUT2D eigenvalue weighted by atomic mass is 35.5. The minimum atomic E-state index is -3.68. The van der Waals surface area contributed by atoms with Crippen LogP contribution in [-0.2, 0) is 14.8 Å². The van der Waals surface area contributed by atoms with E-state index in [1.54, 1.807) is 6.92 Å². The molecule has 1 aliphatic rings. The number of methoxy groups -OCH3 is 1. The first-order valence-electron chi connectivity index (χ1n) is 8.41. The number of benzene rings is 1. The Morgan fingerprint density at radius 3 is 2.61 bits per heavy atom. The fourth-order valence-electron chi connectivity index (χ4n) is 2.81. The van der Waals surface area contributed by atoms with Gasteiger partial charge in [-0.3, -0.25) is 10.1 Å². The van der Waals surface area contributed by atoms with Gasteiger partial charge in [-0.15, -0.1) is 0 Å². The second kappa shape index (κ2) is 8.16. The number of anilines is 1. The lowest BCUT2D eigenvalue weighted by atomic mass is 10.2. The van der Waals surface area contributed by atoms with E-state index in [0.29, 0.717) is 18.8 Å². The number of nitrogens with one attached hydrogen (secondary N) is 1. The summed E-state index contributed by atoms with van der Waals surface area (Å²) in [7, 11) is -2.43. The van der Waals surface area contributed by atoms with Crippen LogP contribution in [0.2, 0.25) is 5.02 Å². The third kappa shape index (κ3) is 4.04. The molecule has 0 radical (unpaired) electrons. The third-order valence-corrected chi connectivity index (χ3v) is 7.55. The molecule has 0 saturated carbocycles. The van der Waals surface area contributed by atoms with Gasteiger partial charge in [-0.2, -0.15) is 4.31 Å². The summed E-state index contributed by atoms with van der Waals surface area (Å²) in [5.74, 6) is -1.17. The van der Waals surface area contributed by atoms with Gasteiger partial charge in [0.15, 0.2) is 5.13 Å². The van der Waals surface area contributed by atoms with Crippen molar-refractivity contribution in [2.75, 3.05) is 25.5 Å². The maximum absolute atomic E-state index is 12.7. The minimum absolute atomic E-state index is 0.00871. The number of aryl methyl sites for hydroxylation is 1. The molecule has 0 bridgehead atoms. The molecule has 0 aliphatic carbocycles. The van der Waals surface area contributed by atoms with Crippen molar-refractivity contribution in [3.05, 3.63) is 39.4 Å². The number of ether oxygens (including phenoxy) is 1. The Balaban J connectivity index is 1.87. The molecule has 2 aromatic rings. The molecule has 2 heterocycles. The van der Waals surface area contributed by atoms with Crippen molar-refractivity contribution in [1.82, 2.24) is 9.29 Å². The number of hydrogen-bond donors (Lipinski definition) is 1. The number of thiazole rings is 1. The van der Waals surface area contributed by atoms with Gasteiger partial charge in [0.25, 0.3) is 5.91 Å². The summed E-state index contributed by atoms with van der Waals surface area (Å²) in [6.45, 7) is 2.54. The van der Waals surface area contributed by atoms with Gasteiger partial charge < -0.3 is 4.74 Å². The molecule has 0 atom stereocenters. The summed E-state index contributed by atoms with van der Waals surface area (Å²) in [4.78, 5) is 28.7. The molecule has 1 fully saturated rings. The fourth-order valence-corrected chi connectivity index (χ4v) is 5.44. The fraction of sp³-hybridized carbons (Fsp3) is 0.353. The Morgan fingerprint density at radius 2 is 1.96 bits per heavy atom. The number of hydrogen-bond acceptors (Lipinski definition) is 7. The molecule has 1 N–H and O–H groups in total. The van der Waals surface area contributed by atoms with Crippen LogP contribution in [0.3, 0.4) is 0 Å². The summed E-state index contributed by atoms with van der Waals surface area (Å²) < 4.78 is 31.5. The molecule has 150 valence electrons. The Hall–Kier alpha value is -2.01. The molecule has 28 heavy (non-hydrogen) atoms. The van der Waals surface area contributed by atoms with Gasteiger partial charge in [-0.05, 0) is 38.0 Å². The average molecular weight is 444 g/mol. The standard InChI is InChI=1S/C17H18ClN3O5S2/c1-10-14(16(23)26-2)27-17(19-10)20-15(22)12-9-11(5-6-13(12)18)28(24,25)21-7-3-4-8-21/h5-6,9H,3-4,7-8H2,1-2H3,(H,19,20,22). The van der Waals surface area contributed by atoms with Crippen LogP contribution in [-0.4, -0.2) is 49.8 Å². The van der Waals surface area contributed by atoms with E-state index in [9.17, 15) is 18.0 Å². The van der Waals surface area contributed by atoms with Gasteiger partial charge in [-0.25, -0.2) is 18.2 Å². The van der Waals surface area contributed by atoms with E-state index < -0.39 is 21.9 Å². The molecule has 8 nitrogen and oxygen atoms in total. The first-order chi connectivity index (χ1) is 13.2. The number of amides is 1. The Bertz CT molecular complexity index is 1030. The average Bonchev–Trinajstić information content (AvgIpc) is 3.31.